The van der Waals surface area contributed by atoms with Gasteiger partial charge in [0.15, 0.2) is 0 Å². The Kier molecular flexibility index (Phi) is 5.14. The SMILES string of the molecule is CC(C)N(Cc1ccccc1)C(=O)c1nnc(-c2cccc(Cl)c2)o1. The van der Waals surface area contributed by atoms with E-state index in [9.17, 15) is 4.79 Å². The number of carbonyl (C=O) groups is 1. The van der Waals surface area contributed by atoms with Crippen LogP contribution in [0.2, 0.25) is 5.02 Å². The van der Waals surface area contributed by atoms with Crippen LogP contribution in [0.15, 0.2) is 59.0 Å². The first-order valence-electron chi connectivity index (χ1n) is 7.99. The van der Waals surface area contributed by atoms with Gasteiger partial charge in [0.1, 0.15) is 0 Å². The summed E-state index contributed by atoms with van der Waals surface area (Å²) in [6, 6.07) is 16.9. The highest BCUT2D eigenvalue weighted by atomic mass is 35.5. The van der Waals surface area contributed by atoms with E-state index in [1.54, 1.807) is 29.2 Å². The minimum Gasteiger partial charge on any atom is -0.412 e. The van der Waals surface area contributed by atoms with Crippen LogP contribution in [0.3, 0.4) is 0 Å². The maximum absolute atomic E-state index is 12.8. The summed E-state index contributed by atoms with van der Waals surface area (Å²) in [6.07, 6.45) is 0. The van der Waals surface area contributed by atoms with Gasteiger partial charge in [0.05, 0.1) is 0 Å². The number of halogens is 1. The molecule has 1 aromatic heterocycles. The first-order valence-corrected chi connectivity index (χ1v) is 8.36. The molecule has 0 saturated heterocycles. The molecule has 0 unspecified atom stereocenters. The zero-order valence-electron chi connectivity index (χ0n) is 14.0. The van der Waals surface area contributed by atoms with Crippen LogP contribution in [0.1, 0.15) is 30.1 Å². The number of amides is 1. The molecule has 6 heteroatoms. The quantitative estimate of drug-likeness (QED) is 0.678. The van der Waals surface area contributed by atoms with E-state index in [1.807, 2.05) is 44.2 Å². The van der Waals surface area contributed by atoms with E-state index < -0.39 is 0 Å². The molecule has 1 heterocycles. The third-order valence-electron chi connectivity index (χ3n) is 3.76. The Bertz CT molecular complexity index is 862. The van der Waals surface area contributed by atoms with Gasteiger partial charge in [-0.15, -0.1) is 10.2 Å². The van der Waals surface area contributed by atoms with Gasteiger partial charge in [0.25, 0.3) is 0 Å². The van der Waals surface area contributed by atoms with Crippen molar-refractivity contribution in [2.24, 2.45) is 0 Å². The lowest BCUT2D eigenvalue weighted by Gasteiger charge is -2.25. The van der Waals surface area contributed by atoms with Crippen LogP contribution in [0.5, 0.6) is 0 Å². The molecule has 25 heavy (non-hydrogen) atoms. The van der Waals surface area contributed by atoms with E-state index in [1.165, 1.54) is 0 Å². The number of hydrogen-bond donors (Lipinski definition) is 0. The Labute approximate surface area is 151 Å². The third-order valence-corrected chi connectivity index (χ3v) is 3.99. The molecule has 0 aliphatic carbocycles. The Balaban J connectivity index is 1.83. The number of hydrogen-bond acceptors (Lipinski definition) is 4. The maximum atomic E-state index is 12.8. The standard InChI is InChI=1S/C19H18ClN3O2/c1-13(2)23(12-14-7-4-3-5-8-14)19(24)18-22-21-17(25-18)15-9-6-10-16(20)11-15/h3-11,13H,12H2,1-2H3. The molecular weight excluding hydrogens is 338 g/mol. The molecule has 128 valence electrons. The van der Waals surface area contributed by atoms with E-state index in [4.69, 9.17) is 16.0 Å². The molecule has 0 aliphatic rings. The lowest BCUT2D eigenvalue weighted by molar-refractivity contribution is 0.0650. The van der Waals surface area contributed by atoms with E-state index in [2.05, 4.69) is 10.2 Å². The highest BCUT2D eigenvalue weighted by Gasteiger charge is 2.24. The van der Waals surface area contributed by atoms with Crippen LogP contribution < -0.4 is 0 Å². The van der Waals surface area contributed by atoms with E-state index >= 15 is 0 Å². The normalized spacial score (nSPS) is 10.9. The summed E-state index contributed by atoms with van der Waals surface area (Å²) in [6.45, 7) is 4.39. The fourth-order valence-corrected chi connectivity index (χ4v) is 2.63. The average molecular weight is 356 g/mol. The Hall–Kier alpha value is -2.66. The number of carbonyl (C=O) groups excluding carboxylic acids is 1. The summed E-state index contributed by atoms with van der Waals surface area (Å²) in [4.78, 5) is 14.5. The molecule has 3 rings (SSSR count). The third kappa shape index (κ3) is 4.06. The number of rotatable bonds is 5. The fraction of sp³-hybridized carbons (Fsp3) is 0.211. The van der Waals surface area contributed by atoms with Crippen molar-refractivity contribution in [3.05, 3.63) is 71.1 Å². The Morgan fingerprint density at radius 1 is 1.12 bits per heavy atom. The van der Waals surface area contributed by atoms with Crippen LogP contribution >= 0.6 is 11.6 Å². The van der Waals surface area contributed by atoms with Crippen molar-refractivity contribution in [3.63, 3.8) is 0 Å². The van der Waals surface area contributed by atoms with Crippen molar-refractivity contribution < 1.29 is 9.21 Å². The largest absolute Gasteiger partial charge is 0.412 e. The molecule has 0 bridgehead atoms. The molecule has 3 aromatic rings. The summed E-state index contributed by atoms with van der Waals surface area (Å²) >= 11 is 5.98. The number of aromatic nitrogens is 2. The van der Waals surface area contributed by atoms with E-state index in [0.29, 0.717) is 17.1 Å². The predicted octanol–water partition coefficient (Wildman–Crippen LogP) is 4.44. The maximum Gasteiger partial charge on any atom is 0.311 e. The Morgan fingerprint density at radius 3 is 2.56 bits per heavy atom. The van der Waals surface area contributed by atoms with Crippen molar-refractivity contribution in [2.45, 2.75) is 26.4 Å². The summed E-state index contributed by atoms with van der Waals surface area (Å²) < 4.78 is 5.58. The second-order valence-electron chi connectivity index (χ2n) is 5.94. The molecule has 0 spiro atoms. The minimum atomic E-state index is -0.292. The first kappa shape index (κ1) is 17.2. The summed E-state index contributed by atoms with van der Waals surface area (Å²) in [5.74, 6) is -0.0477. The predicted molar refractivity (Wildman–Crippen MR) is 96.2 cm³/mol. The van der Waals surface area contributed by atoms with Crippen molar-refractivity contribution in [3.8, 4) is 11.5 Å². The average Bonchev–Trinajstić information content (AvgIpc) is 3.10. The van der Waals surface area contributed by atoms with Gasteiger partial charge in [0.2, 0.25) is 5.89 Å². The molecule has 2 aromatic carbocycles. The van der Waals surface area contributed by atoms with Crippen molar-refractivity contribution >= 4 is 17.5 Å². The fourth-order valence-electron chi connectivity index (χ4n) is 2.44. The summed E-state index contributed by atoms with van der Waals surface area (Å²) in [5.41, 5.74) is 1.72. The lowest BCUT2D eigenvalue weighted by Crippen LogP contribution is -2.36. The van der Waals surface area contributed by atoms with Gasteiger partial charge in [-0.05, 0) is 37.6 Å². The van der Waals surface area contributed by atoms with Crippen molar-refractivity contribution in [2.75, 3.05) is 0 Å². The van der Waals surface area contributed by atoms with E-state index in [-0.39, 0.29) is 23.7 Å². The lowest BCUT2D eigenvalue weighted by atomic mass is 10.2. The monoisotopic (exact) mass is 355 g/mol. The van der Waals surface area contributed by atoms with Crippen molar-refractivity contribution in [1.82, 2.24) is 15.1 Å². The van der Waals surface area contributed by atoms with Gasteiger partial charge in [0, 0.05) is 23.2 Å². The van der Waals surface area contributed by atoms with Crippen LogP contribution in [-0.4, -0.2) is 27.0 Å². The number of benzene rings is 2. The molecule has 0 atom stereocenters. The number of nitrogens with zero attached hydrogens (tertiary/aromatic N) is 3. The molecule has 0 N–H and O–H groups in total. The molecule has 0 aliphatic heterocycles. The molecule has 0 radical (unpaired) electrons. The smallest absolute Gasteiger partial charge is 0.311 e. The molecule has 5 nitrogen and oxygen atoms in total. The zero-order valence-corrected chi connectivity index (χ0v) is 14.8. The zero-order chi connectivity index (χ0) is 17.8. The van der Waals surface area contributed by atoms with Crippen LogP contribution in [0.4, 0.5) is 0 Å². The van der Waals surface area contributed by atoms with E-state index in [0.717, 1.165) is 5.56 Å². The highest BCUT2D eigenvalue weighted by molar-refractivity contribution is 6.30. The van der Waals surface area contributed by atoms with Crippen LogP contribution in [-0.2, 0) is 6.54 Å². The molecular formula is C19H18ClN3O2. The van der Waals surface area contributed by atoms with Gasteiger partial charge in [-0.3, -0.25) is 4.79 Å². The van der Waals surface area contributed by atoms with Crippen LogP contribution in [0, 0.1) is 0 Å². The van der Waals surface area contributed by atoms with Crippen molar-refractivity contribution in [1.29, 1.82) is 0 Å². The van der Waals surface area contributed by atoms with Gasteiger partial charge in [-0.2, -0.15) is 0 Å². The van der Waals surface area contributed by atoms with Gasteiger partial charge in [-0.1, -0.05) is 48.0 Å². The minimum absolute atomic E-state index is 0.00535. The van der Waals surface area contributed by atoms with Gasteiger partial charge < -0.3 is 9.32 Å². The Morgan fingerprint density at radius 2 is 1.88 bits per heavy atom. The molecule has 0 saturated carbocycles. The highest BCUT2D eigenvalue weighted by Crippen LogP contribution is 2.22. The second kappa shape index (κ2) is 7.49. The summed E-state index contributed by atoms with van der Waals surface area (Å²) in [5, 5.41) is 8.46. The van der Waals surface area contributed by atoms with Gasteiger partial charge in [-0.25, -0.2) is 0 Å². The second-order valence-corrected chi connectivity index (χ2v) is 6.37. The summed E-state index contributed by atoms with van der Waals surface area (Å²) in [7, 11) is 0. The topological polar surface area (TPSA) is 59.2 Å². The van der Waals surface area contributed by atoms with Crippen LogP contribution in [0.25, 0.3) is 11.5 Å². The van der Waals surface area contributed by atoms with Gasteiger partial charge >= 0.3 is 11.8 Å². The first-order chi connectivity index (χ1) is 12.0. The molecule has 0 fully saturated rings. The molecule has 1 amide bonds.